The molecule has 0 aromatic carbocycles. The third-order valence-corrected chi connectivity index (χ3v) is 5.20. The summed E-state index contributed by atoms with van der Waals surface area (Å²) < 4.78 is 0. The normalized spacial score (nSPS) is 23.6. The van der Waals surface area contributed by atoms with Gasteiger partial charge in [-0.05, 0) is 31.8 Å². The fraction of sp³-hybridized carbons (Fsp3) is 1.00. The zero-order valence-corrected chi connectivity index (χ0v) is 16.5. The van der Waals surface area contributed by atoms with E-state index >= 15 is 0 Å². The number of likely N-dealkylation sites (tertiary alicyclic amines) is 1. The van der Waals surface area contributed by atoms with Gasteiger partial charge in [-0.15, -0.1) is 0 Å². The highest BCUT2D eigenvalue weighted by Gasteiger charge is 2.27. The zero-order chi connectivity index (χ0) is 16.6. The van der Waals surface area contributed by atoms with Gasteiger partial charge < -0.3 is 4.90 Å². The van der Waals surface area contributed by atoms with Crippen molar-refractivity contribution in [2.24, 2.45) is 11.8 Å². The number of nitrogens with zero attached hydrogens (tertiary/aromatic N) is 1. The Morgan fingerprint density at radius 3 is 1.64 bits per heavy atom. The molecular formula is C21H45N. The molecule has 1 nitrogen and oxygen atoms in total. The van der Waals surface area contributed by atoms with E-state index in [1.807, 2.05) is 13.8 Å². The third-order valence-electron chi connectivity index (χ3n) is 5.20. The van der Waals surface area contributed by atoms with Gasteiger partial charge in [-0.25, -0.2) is 0 Å². The van der Waals surface area contributed by atoms with Gasteiger partial charge in [0.1, 0.15) is 0 Å². The van der Waals surface area contributed by atoms with Crippen LogP contribution in [0.15, 0.2) is 0 Å². The van der Waals surface area contributed by atoms with Gasteiger partial charge in [0, 0.05) is 6.54 Å². The average molecular weight is 312 g/mol. The van der Waals surface area contributed by atoms with Crippen LogP contribution in [0.25, 0.3) is 0 Å². The smallest absolute Gasteiger partial charge is 0.000973 e. The molecule has 1 atom stereocenters. The van der Waals surface area contributed by atoms with Crippen LogP contribution in [0.2, 0.25) is 0 Å². The Hall–Kier alpha value is -0.0400. The van der Waals surface area contributed by atoms with E-state index in [2.05, 4.69) is 25.8 Å². The summed E-state index contributed by atoms with van der Waals surface area (Å²) in [7, 11) is 2.28. The number of hydrogen-bond acceptors (Lipinski definition) is 1. The largest absolute Gasteiger partial charge is 0.306 e. The van der Waals surface area contributed by atoms with Crippen molar-refractivity contribution in [3.63, 3.8) is 0 Å². The SMILES string of the molecule is CC.CCCCCC.CN1CCC(C2CCCCCCC2)C1. The molecule has 0 spiro atoms. The van der Waals surface area contributed by atoms with E-state index in [1.165, 1.54) is 90.1 Å². The molecule has 1 heteroatoms. The molecule has 0 amide bonds. The summed E-state index contributed by atoms with van der Waals surface area (Å²) in [5, 5.41) is 0. The molecule has 1 aliphatic heterocycles. The Labute approximate surface area is 142 Å². The van der Waals surface area contributed by atoms with Gasteiger partial charge >= 0.3 is 0 Å². The van der Waals surface area contributed by atoms with Crippen molar-refractivity contribution in [2.75, 3.05) is 20.1 Å². The van der Waals surface area contributed by atoms with Crippen molar-refractivity contribution in [1.29, 1.82) is 0 Å². The first kappa shape index (κ1) is 22.0. The maximum Gasteiger partial charge on any atom is 0.000973 e. The standard InChI is InChI=1S/C13H25N.C6H14.C2H6/c1-14-10-9-13(11-14)12-7-5-3-2-4-6-8-12;1-3-5-6-4-2;1-2/h12-13H,2-11H2,1H3;3-6H2,1-2H3;1-2H3. The zero-order valence-electron chi connectivity index (χ0n) is 16.5. The van der Waals surface area contributed by atoms with Gasteiger partial charge in [0.15, 0.2) is 0 Å². The molecule has 22 heavy (non-hydrogen) atoms. The third kappa shape index (κ3) is 10.6. The van der Waals surface area contributed by atoms with Crippen LogP contribution in [0.4, 0.5) is 0 Å². The van der Waals surface area contributed by atoms with Crippen LogP contribution >= 0.6 is 0 Å². The molecule has 1 heterocycles. The van der Waals surface area contributed by atoms with Gasteiger partial charge in [-0.2, -0.15) is 0 Å². The second kappa shape index (κ2) is 15.8. The molecule has 0 bridgehead atoms. The predicted molar refractivity (Wildman–Crippen MR) is 103 cm³/mol. The van der Waals surface area contributed by atoms with E-state index in [0.29, 0.717) is 0 Å². The van der Waals surface area contributed by atoms with Crippen molar-refractivity contribution in [2.45, 2.75) is 105 Å². The fourth-order valence-electron chi connectivity index (χ4n) is 3.81. The molecule has 0 aromatic heterocycles. The van der Waals surface area contributed by atoms with E-state index in [1.54, 1.807) is 0 Å². The first-order valence-corrected chi connectivity index (χ1v) is 10.5. The van der Waals surface area contributed by atoms with Gasteiger partial charge in [-0.3, -0.25) is 0 Å². The summed E-state index contributed by atoms with van der Waals surface area (Å²) in [4.78, 5) is 2.52. The predicted octanol–water partition coefficient (Wildman–Crippen LogP) is 6.91. The summed E-state index contributed by atoms with van der Waals surface area (Å²) in [6.45, 7) is 11.2. The highest BCUT2D eigenvalue weighted by atomic mass is 15.1. The molecule has 1 aliphatic carbocycles. The highest BCUT2D eigenvalue weighted by molar-refractivity contribution is 4.80. The van der Waals surface area contributed by atoms with Crippen LogP contribution in [0.3, 0.4) is 0 Å². The first-order chi connectivity index (χ1) is 10.8. The number of unbranched alkanes of at least 4 members (excludes halogenated alkanes) is 3. The van der Waals surface area contributed by atoms with Crippen LogP contribution in [-0.2, 0) is 0 Å². The molecular weight excluding hydrogens is 266 g/mol. The quantitative estimate of drug-likeness (QED) is 0.510. The fourth-order valence-corrected chi connectivity index (χ4v) is 3.81. The minimum Gasteiger partial charge on any atom is -0.306 e. The maximum atomic E-state index is 2.52. The van der Waals surface area contributed by atoms with Crippen molar-refractivity contribution >= 4 is 0 Å². The summed E-state index contributed by atoms with van der Waals surface area (Å²) >= 11 is 0. The lowest BCUT2D eigenvalue weighted by Gasteiger charge is -2.25. The van der Waals surface area contributed by atoms with Gasteiger partial charge in [0.2, 0.25) is 0 Å². The molecule has 2 aliphatic rings. The first-order valence-electron chi connectivity index (χ1n) is 10.5. The topological polar surface area (TPSA) is 3.24 Å². The molecule has 0 N–H and O–H groups in total. The van der Waals surface area contributed by atoms with E-state index in [-0.39, 0.29) is 0 Å². The number of rotatable bonds is 4. The Balaban J connectivity index is 0.000000470. The lowest BCUT2D eigenvalue weighted by Crippen LogP contribution is -2.20. The highest BCUT2D eigenvalue weighted by Crippen LogP contribution is 2.33. The second-order valence-electron chi connectivity index (χ2n) is 7.12. The molecule has 1 saturated heterocycles. The van der Waals surface area contributed by atoms with E-state index in [4.69, 9.17) is 0 Å². The number of hydrogen-bond donors (Lipinski definition) is 0. The van der Waals surface area contributed by atoms with Crippen LogP contribution in [-0.4, -0.2) is 25.0 Å². The Kier molecular flexibility index (Phi) is 15.8. The second-order valence-corrected chi connectivity index (χ2v) is 7.12. The molecule has 1 unspecified atom stereocenters. The van der Waals surface area contributed by atoms with E-state index in [0.717, 1.165) is 11.8 Å². The Morgan fingerprint density at radius 1 is 0.727 bits per heavy atom. The molecule has 2 fully saturated rings. The minimum atomic E-state index is 1.04. The van der Waals surface area contributed by atoms with Gasteiger partial charge in [0.05, 0.1) is 0 Å². The molecule has 1 saturated carbocycles. The molecule has 134 valence electrons. The van der Waals surface area contributed by atoms with Gasteiger partial charge in [-0.1, -0.05) is 98.3 Å². The Bertz CT molecular complexity index is 202. The summed E-state index contributed by atoms with van der Waals surface area (Å²) in [6.07, 6.45) is 17.6. The van der Waals surface area contributed by atoms with Crippen LogP contribution in [0.5, 0.6) is 0 Å². The van der Waals surface area contributed by atoms with Crippen LogP contribution in [0.1, 0.15) is 105 Å². The summed E-state index contributed by atoms with van der Waals surface area (Å²) in [6, 6.07) is 0. The van der Waals surface area contributed by atoms with Crippen molar-refractivity contribution < 1.29 is 0 Å². The average Bonchev–Trinajstić information content (AvgIpc) is 2.94. The van der Waals surface area contributed by atoms with E-state index in [9.17, 15) is 0 Å². The molecule has 0 radical (unpaired) electrons. The van der Waals surface area contributed by atoms with Crippen molar-refractivity contribution in [3.8, 4) is 0 Å². The van der Waals surface area contributed by atoms with Gasteiger partial charge in [0.25, 0.3) is 0 Å². The Morgan fingerprint density at radius 2 is 1.23 bits per heavy atom. The summed E-state index contributed by atoms with van der Waals surface area (Å²) in [5.74, 6) is 2.11. The van der Waals surface area contributed by atoms with Crippen LogP contribution in [0, 0.1) is 11.8 Å². The monoisotopic (exact) mass is 311 g/mol. The minimum absolute atomic E-state index is 1.04. The van der Waals surface area contributed by atoms with Crippen molar-refractivity contribution in [1.82, 2.24) is 4.90 Å². The molecule has 2 rings (SSSR count). The maximum absolute atomic E-state index is 2.52. The van der Waals surface area contributed by atoms with E-state index < -0.39 is 0 Å². The summed E-state index contributed by atoms with van der Waals surface area (Å²) in [5.41, 5.74) is 0. The lowest BCUT2D eigenvalue weighted by molar-refractivity contribution is 0.263. The van der Waals surface area contributed by atoms with Crippen LogP contribution < -0.4 is 0 Å². The lowest BCUT2D eigenvalue weighted by atomic mass is 9.81. The molecule has 0 aromatic rings. The van der Waals surface area contributed by atoms with Crippen molar-refractivity contribution in [3.05, 3.63) is 0 Å².